The van der Waals surface area contributed by atoms with E-state index < -0.39 is 15.7 Å². The molecule has 96 valence electrons. The molecular formula is C11H17BrN2O2S. The first kappa shape index (κ1) is 16.2. The molecule has 0 radical (unpaired) electrons. The second kappa shape index (κ2) is 6.86. The molecule has 0 aliphatic heterocycles. The van der Waals surface area contributed by atoms with Gasteiger partial charge in [-0.05, 0) is 26.8 Å². The van der Waals surface area contributed by atoms with Gasteiger partial charge < -0.3 is 4.74 Å². The summed E-state index contributed by atoms with van der Waals surface area (Å²) in [5.74, 6) is -0.0553. The summed E-state index contributed by atoms with van der Waals surface area (Å²) in [5, 5.41) is 7.55. The summed E-state index contributed by atoms with van der Waals surface area (Å²) in [6, 6.07) is 0. The summed E-state index contributed by atoms with van der Waals surface area (Å²) in [7, 11) is 0.0308. The minimum absolute atomic E-state index is 0.0553. The fraction of sp³-hybridized carbons (Fsp3) is 0.455. The summed E-state index contributed by atoms with van der Waals surface area (Å²) in [6.45, 7) is 9.12. The van der Waals surface area contributed by atoms with Gasteiger partial charge >= 0.3 is 0 Å². The number of rotatable bonds is 4. The van der Waals surface area contributed by atoms with Crippen molar-refractivity contribution in [2.24, 2.45) is 4.40 Å². The summed E-state index contributed by atoms with van der Waals surface area (Å²) in [6.07, 6.45) is 2.94. The number of hydrogen-bond donors (Lipinski definition) is 1. The highest BCUT2D eigenvalue weighted by molar-refractivity contribution is 9.11. The third kappa shape index (κ3) is 6.53. The van der Waals surface area contributed by atoms with Crippen LogP contribution in [0.5, 0.6) is 0 Å². The molecule has 0 rings (SSSR count). The topological polar surface area (TPSA) is 62.5 Å². The second-order valence-corrected chi connectivity index (χ2v) is 7.13. The molecule has 6 heteroatoms. The maximum atomic E-state index is 11.7. The molecule has 0 spiro atoms. The van der Waals surface area contributed by atoms with Gasteiger partial charge in [0.15, 0.2) is 0 Å². The molecule has 0 heterocycles. The SMILES string of the molecule is C=C(Br)/C=C(/C=N/[S@](=O)C(C)(C)C)C(=N)OC. The largest absolute Gasteiger partial charge is 0.481 e. The standard InChI is InChI=1S/C11H17BrN2O2S/c1-8(12)6-9(10(13)16-5)7-14-17(15)11(2,3)4/h6-7,13H,1H2,2-5H3/b9-6-,13-10?,14-7+/t17-/m1/s1. The van der Waals surface area contributed by atoms with Crippen molar-refractivity contribution in [1.29, 1.82) is 5.41 Å². The first-order chi connectivity index (χ1) is 7.68. The molecule has 4 nitrogen and oxygen atoms in total. The molecule has 1 atom stereocenters. The van der Waals surface area contributed by atoms with E-state index >= 15 is 0 Å². The van der Waals surface area contributed by atoms with E-state index in [0.29, 0.717) is 10.1 Å². The van der Waals surface area contributed by atoms with Gasteiger partial charge in [-0.15, -0.1) is 0 Å². The van der Waals surface area contributed by atoms with E-state index in [-0.39, 0.29) is 5.90 Å². The predicted octanol–water partition coefficient (Wildman–Crippen LogP) is 2.98. The van der Waals surface area contributed by atoms with Gasteiger partial charge in [0, 0.05) is 4.48 Å². The third-order valence-corrected chi connectivity index (χ3v) is 3.16. The van der Waals surface area contributed by atoms with Gasteiger partial charge in [-0.1, -0.05) is 22.5 Å². The Balaban J connectivity index is 5.03. The quantitative estimate of drug-likeness (QED) is 0.491. The van der Waals surface area contributed by atoms with Crippen LogP contribution in [-0.4, -0.2) is 28.2 Å². The molecule has 0 amide bonds. The Morgan fingerprint density at radius 3 is 2.41 bits per heavy atom. The van der Waals surface area contributed by atoms with Crippen molar-refractivity contribution in [3.63, 3.8) is 0 Å². The Hall–Kier alpha value is -0.750. The lowest BCUT2D eigenvalue weighted by atomic mass is 10.2. The highest BCUT2D eigenvalue weighted by atomic mass is 79.9. The Morgan fingerprint density at radius 2 is 2.06 bits per heavy atom. The molecule has 0 aromatic heterocycles. The van der Waals surface area contributed by atoms with Gasteiger partial charge in [-0.3, -0.25) is 5.41 Å². The van der Waals surface area contributed by atoms with Gasteiger partial charge in [-0.25, -0.2) is 4.21 Å². The van der Waals surface area contributed by atoms with Crippen molar-refractivity contribution in [1.82, 2.24) is 0 Å². The zero-order valence-electron chi connectivity index (χ0n) is 10.4. The van der Waals surface area contributed by atoms with Crippen molar-refractivity contribution in [2.45, 2.75) is 25.5 Å². The van der Waals surface area contributed by atoms with Crippen molar-refractivity contribution in [3.05, 3.63) is 22.7 Å². The molecular weight excluding hydrogens is 304 g/mol. The van der Waals surface area contributed by atoms with E-state index in [4.69, 9.17) is 10.1 Å². The monoisotopic (exact) mass is 320 g/mol. The summed E-state index contributed by atoms with van der Waals surface area (Å²) < 4.78 is 20.6. The highest BCUT2D eigenvalue weighted by Crippen LogP contribution is 2.13. The van der Waals surface area contributed by atoms with Crippen molar-refractivity contribution in [2.75, 3.05) is 7.11 Å². The highest BCUT2D eigenvalue weighted by Gasteiger charge is 2.18. The first-order valence-electron chi connectivity index (χ1n) is 4.83. The van der Waals surface area contributed by atoms with Crippen molar-refractivity contribution < 1.29 is 8.95 Å². The molecule has 0 unspecified atom stereocenters. The van der Waals surface area contributed by atoms with Gasteiger partial charge in [0.05, 0.1) is 23.6 Å². The molecule has 1 N–H and O–H groups in total. The summed E-state index contributed by atoms with van der Waals surface area (Å²) >= 11 is 3.16. The van der Waals surface area contributed by atoms with Crippen LogP contribution in [0.4, 0.5) is 0 Å². The number of nitrogens with one attached hydrogen (secondary N) is 1. The second-order valence-electron chi connectivity index (χ2n) is 4.18. The zero-order valence-corrected chi connectivity index (χ0v) is 12.8. The smallest absolute Gasteiger partial charge is 0.214 e. The fourth-order valence-corrected chi connectivity index (χ4v) is 1.48. The van der Waals surface area contributed by atoms with E-state index in [1.807, 2.05) is 20.8 Å². The Morgan fingerprint density at radius 1 is 1.53 bits per heavy atom. The van der Waals surface area contributed by atoms with Crippen LogP contribution in [0, 0.1) is 5.41 Å². The van der Waals surface area contributed by atoms with Crippen LogP contribution in [0.3, 0.4) is 0 Å². The van der Waals surface area contributed by atoms with Crippen LogP contribution >= 0.6 is 15.9 Å². The van der Waals surface area contributed by atoms with Crippen LogP contribution in [-0.2, 0) is 15.7 Å². The van der Waals surface area contributed by atoms with Gasteiger partial charge in [-0.2, -0.15) is 4.40 Å². The zero-order chi connectivity index (χ0) is 13.6. The maximum absolute atomic E-state index is 11.7. The van der Waals surface area contributed by atoms with Crippen LogP contribution in [0.25, 0.3) is 0 Å². The van der Waals surface area contributed by atoms with Gasteiger partial charge in [0.25, 0.3) is 0 Å². The Bertz CT molecular complexity index is 395. The number of allylic oxidation sites excluding steroid dienone is 2. The molecule has 0 aromatic rings. The van der Waals surface area contributed by atoms with Crippen molar-refractivity contribution >= 4 is 39.0 Å². The normalized spacial score (nSPS) is 14.8. The van der Waals surface area contributed by atoms with Crippen molar-refractivity contribution in [3.8, 4) is 0 Å². The maximum Gasteiger partial charge on any atom is 0.214 e. The van der Waals surface area contributed by atoms with Gasteiger partial charge in [0.2, 0.25) is 5.90 Å². The molecule has 0 aliphatic rings. The van der Waals surface area contributed by atoms with Gasteiger partial charge in [0.1, 0.15) is 11.0 Å². The number of hydrogen-bond acceptors (Lipinski definition) is 3. The molecule has 0 aromatic carbocycles. The lowest BCUT2D eigenvalue weighted by molar-refractivity contribution is 0.402. The van der Waals surface area contributed by atoms with Crippen LogP contribution in [0.2, 0.25) is 0 Å². The van der Waals surface area contributed by atoms with E-state index in [0.717, 1.165) is 0 Å². The van der Waals surface area contributed by atoms with E-state index in [1.165, 1.54) is 13.3 Å². The van der Waals surface area contributed by atoms with Crippen LogP contribution < -0.4 is 0 Å². The number of halogens is 1. The minimum atomic E-state index is -1.36. The molecule has 0 bridgehead atoms. The molecule has 0 saturated heterocycles. The Kier molecular flexibility index (Phi) is 6.56. The fourth-order valence-electron chi connectivity index (χ4n) is 0.711. The molecule has 0 fully saturated rings. The summed E-state index contributed by atoms with van der Waals surface area (Å²) in [5.41, 5.74) is 0.409. The van der Waals surface area contributed by atoms with E-state index in [9.17, 15) is 4.21 Å². The average Bonchev–Trinajstić information content (AvgIpc) is 2.20. The molecule has 0 saturated carbocycles. The third-order valence-electron chi connectivity index (χ3n) is 1.59. The lowest BCUT2D eigenvalue weighted by Crippen LogP contribution is -2.20. The molecule has 0 aliphatic carbocycles. The van der Waals surface area contributed by atoms with Crippen LogP contribution in [0.1, 0.15) is 20.8 Å². The average molecular weight is 321 g/mol. The lowest BCUT2D eigenvalue weighted by Gasteiger charge is -2.13. The van der Waals surface area contributed by atoms with E-state index in [2.05, 4.69) is 26.9 Å². The number of nitrogens with zero attached hydrogens (tertiary/aromatic N) is 1. The number of methoxy groups -OCH3 is 1. The Labute approximate surface area is 113 Å². The summed E-state index contributed by atoms with van der Waals surface area (Å²) in [4.78, 5) is 0. The minimum Gasteiger partial charge on any atom is -0.481 e. The van der Waals surface area contributed by atoms with Crippen LogP contribution in [0.15, 0.2) is 27.1 Å². The van der Waals surface area contributed by atoms with E-state index in [1.54, 1.807) is 6.08 Å². The molecule has 17 heavy (non-hydrogen) atoms. The predicted molar refractivity (Wildman–Crippen MR) is 77.3 cm³/mol. The number of ether oxygens (including phenoxy) is 1. The first-order valence-corrected chi connectivity index (χ1v) is 6.73.